The van der Waals surface area contributed by atoms with Crippen LogP contribution >= 0.6 is 0 Å². The van der Waals surface area contributed by atoms with E-state index in [2.05, 4.69) is 26.6 Å². The lowest BCUT2D eigenvalue weighted by molar-refractivity contribution is 0.102. The van der Waals surface area contributed by atoms with Crippen LogP contribution in [-0.4, -0.2) is 21.1 Å². The molecule has 0 radical (unpaired) electrons. The van der Waals surface area contributed by atoms with Crippen molar-refractivity contribution in [1.82, 2.24) is 15.2 Å². The zero-order chi connectivity index (χ0) is 18.8. The van der Waals surface area contributed by atoms with Gasteiger partial charge in [0.25, 0.3) is 5.91 Å². The minimum Gasteiger partial charge on any atom is -0.398 e. The van der Waals surface area contributed by atoms with Crippen LogP contribution in [0.15, 0.2) is 60.8 Å². The van der Waals surface area contributed by atoms with E-state index in [1.165, 1.54) is 0 Å². The smallest absolute Gasteiger partial charge is 0.256 e. The first kappa shape index (κ1) is 16.3. The first-order valence-corrected chi connectivity index (χ1v) is 8.16. The molecule has 0 saturated carbocycles. The number of rotatable bonds is 3. The molecule has 2 heterocycles. The van der Waals surface area contributed by atoms with Crippen LogP contribution in [0.1, 0.15) is 15.9 Å². The summed E-state index contributed by atoms with van der Waals surface area (Å²) in [6.07, 6.45) is 1.57. The highest BCUT2D eigenvalue weighted by atomic mass is 16.1. The van der Waals surface area contributed by atoms with Crippen molar-refractivity contribution in [3.8, 4) is 17.3 Å². The molecule has 7 heteroatoms. The maximum absolute atomic E-state index is 12.8. The summed E-state index contributed by atoms with van der Waals surface area (Å²) in [6.45, 7) is 0. The summed E-state index contributed by atoms with van der Waals surface area (Å²) in [6, 6.07) is 18.0. The van der Waals surface area contributed by atoms with Crippen molar-refractivity contribution in [2.45, 2.75) is 0 Å². The maximum atomic E-state index is 12.8. The predicted molar refractivity (Wildman–Crippen MR) is 103 cm³/mol. The van der Waals surface area contributed by atoms with Gasteiger partial charge in [-0.15, -0.1) is 0 Å². The van der Waals surface area contributed by atoms with Crippen LogP contribution in [0.2, 0.25) is 0 Å². The standard InChI is InChI=1S/C20H14N6O/c21-10-13-8-12(6-7-17(13)22)18-9-15(16-11-23-26-19(16)25-18)20(27)24-14-4-2-1-3-5-14/h1-9,11H,22H2,(H,24,27)(H,23,25,26). The van der Waals surface area contributed by atoms with Crippen LogP contribution in [0.25, 0.3) is 22.3 Å². The number of hydrogen-bond donors (Lipinski definition) is 3. The van der Waals surface area contributed by atoms with E-state index in [4.69, 9.17) is 5.73 Å². The molecule has 7 nitrogen and oxygen atoms in total. The first-order chi connectivity index (χ1) is 13.2. The van der Waals surface area contributed by atoms with Crippen molar-refractivity contribution in [2.75, 3.05) is 11.1 Å². The van der Waals surface area contributed by atoms with E-state index in [0.717, 1.165) is 0 Å². The Hall–Kier alpha value is -4.18. The fourth-order valence-corrected chi connectivity index (χ4v) is 2.80. The Morgan fingerprint density at radius 1 is 1.15 bits per heavy atom. The van der Waals surface area contributed by atoms with Gasteiger partial charge in [-0.3, -0.25) is 9.89 Å². The van der Waals surface area contributed by atoms with E-state index in [1.54, 1.807) is 30.5 Å². The van der Waals surface area contributed by atoms with Gasteiger partial charge in [-0.05, 0) is 30.3 Å². The van der Waals surface area contributed by atoms with Gasteiger partial charge in [-0.1, -0.05) is 24.3 Å². The number of aromatic amines is 1. The number of carbonyl (C=O) groups is 1. The molecule has 0 unspecified atom stereocenters. The van der Waals surface area contributed by atoms with Crippen LogP contribution in [0, 0.1) is 11.3 Å². The first-order valence-electron chi connectivity index (χ1n) is 8.16. The summed E-state index contributed by atoms with van der Waals surface area (Å²) < 4.78 is 0. The number of nitrogens with two attached hydrogens (primary N) is 1. The second-order valence-corrected chi connectivity index (χ2v) is 5.92. The van der Waals surface area contributed by atoms with Crippen molar-refractivity contribution < 1.29 is 4.79 Å². The number of H-pyrrole nitrogens is 1. The van der Waals surface area contributed by atoms with Crippen LogP contribution in [0.4, 0.5) is 11.4 Å². The highest BCUT2D eigenvalue weighted by Crippen LogP contribution is 2.26. The van der Waals surface area contributed by atoms with Gasteiger partial charge in [0.2, 0.25) is 0 Å². The van der Waals surface area contributed by atoms with Gasteiger partial charge in [0, 0.05) is 16.9 Å². The molecule has 0 saturated heterocycles. The number of aromatic nitrogens is 3. The van der Waals surface area contributed by atoms with Gasteiger partial charge in [0.05, 0.1) is 28.4 Å². The van der Waals surface area contributed by atoms with Gasteiger partial charge in [-0.25, -0.2) is 4.98 Å². The normalized spacial score (nSPS) is 10.5. The van der Waals surface area contributed by atoms with Crippen LogP contribution in [-0.2, 0) is 0 Å². The van der Waals surface area contributed by atoms with Crippen LogP contribution in [0.3, 0.4) is 0 Å². The molecule has 130 valence electrons. The average Bonchev–Trinajstić information content (AvgIpc) is 3.17. The third kappa shape index (κ3) is 3.07. The molecule has 0 aliphatic carbocycles. The summed E-state index contributed by atoms with van der Waals surface area (Å²) in [5, 5.41) is 19.5. The minimum atomic E-state index is -0.271. The fraction of sp³-hybridized carbons (Fsp3) is 0. The third-order valence-electron chi connectivity index (χ3n) is 4.17. The Morgan fingerprint density at radius 2 is 1.96 bits per heavy atom. The highest BCUT2D eigenvalue weighted by Gasteiger charge is 2.16. The fourth-order valence-electron chi connectivity index (χ4n) is 2.80. The number of nitrogens with zero attached hydrogens (tertiary/aromatic N) is 3. The van der Waals surface area contributed by atoms with E-state index < -0.39 is 0 Å². The SMILES string of the molecule is N#Cc1cc(-c2cc(C(=O)Nc3ccccc3)c3cn[nH]c3n2)ccc1N. The molecule has 4 rings (SSSR count). The second kappa shape index (κ2) is 6.61. The van der Waals surface area contributed by atoms with Crippen LogP contribution < -0.4 is 11.1 Å². The van der Waals surface area contributed by atoms with E-state index in [1.807, 2.05) is 30.3 Å². The number of amides is 1. The number of nitriles is 1. The number of fused-ring (bicyclic) bond motifs is 1. The number of para-hydroxylation sites is 1. The molecular formula is C20H14N6O. The molecule has 4 N–H and O–H groups in total. The predicted octanol–water partition coefficient (Wildman–Crippen LogP) is 3.33. The van der Waals surface area contributed by atoms with Crippen molar-refractivity contribution in [2.24, 2.45) is 0 Å². The molecule has 27 heavy (non-hydrogen) atoms. The van der Waals surface area contributed by atoms with E-state index in [-0.39, 0.29) is 5.91 Å². The summed E-state index contributed by atoms with van der Waals surface area (Å²) >= 11 is 0. The van der Waals surface area contributed by atoms with Gasteiger partial charge in [0.15, 0.2) is 5.65 Å². The van der Waals surface area contributed by atoms with Gasteiger partial charge >= 0.3 is 0 Å². The Labute approximate surface area is 154 Å². The molecule has 0 aliphatic heterocycles. The Balaban J connectivity index is 1.81. The van der Waals surface area contributed by atoms with E-state index in [9.17, 15) is 10.1 Å². The summed E-state index contributed by atoms with van der Waals surface area (Å²) in [7, 11) is 0. The lowest BCUT2D eigenvalue weighted by Crippen LogP contribution is -2.12. The number of hydrogen-bond acceptors (Lipinski definition) is 5. The second-order valence-electron chi connectivity index (χ2n) is 5.92. The molecule has 0 aliphatic rings. The Morgan fingerprint density at radius 3 is 2.74 bits per heavy atom. The molecule has 0 spiro atoms. The molecule has 0 fully saturated rings. The van der Waals surface area contributed by atoms with Crippen LogP contribution in [0.5, 0.6) is 0 Å². The lowest BCUT2D eigenvalue weighted by atomic mass is 10.0. The number of benzene rings is 2. The molecule has 2 aromatic carbocycles. The monoisotopic (exact) mass is 354 g/mol. The zero-order valence-electron chi connectivity index (χ0n) is 14.1. The van der Waals surface area contributed by atoms with E-state index in [0.29, 0.717) is 44.8 Å². The van der Waals surface area contributed by atoms with Gasteiger partial charge in [0.1, 0.15) is 6.07 Å². The topological polar surface area (TPSA) is 120 Å². The maximum Gasteiger partial charge on any atom is 0.256 e. The molecule has 2 aromatic heterocycles. The summed E-state index contributed by atoms with van der Waals surface area (Å²) in [5.74, 6) is -0.271. The number of anilines is 2. The molecule has 1 amide bonds. The van der Waals surface area contributed by atoms with Crippen molar-refractivity contribution in [3.63, 3.8) is 0 Å². The number of nitrogens with one attached hydrogen (secondary N) is 2. The average molecular weight is 354 g/mol. The van der Waals surface area contributed by atoms with Crippen molar-refractivity contribution >= 4 is 28.3 Å². The summed E-state index contributed by atoms with van der Waals surface area (Å²) in [5.41, 5.74) is 9.38. The van der Waals surface area contributed by atoms with Gasteiger partial charge < -0.3 is 11.1 Å². The van der Waals surface area contributed by atoms with E-state index >= 15 is 0 Å². The molecule has 4 aromatic rings. The van der Waals surface area contributed by atoms with Crippen molar-refractivity contribution in [3.05, 3.63) is 71.9 Å². The third-order valence-corrected chi connectivity index (χ3v) is 4.17. The Bertz CT molecular complexity index is 1190. The lowest BCUT2D eigenvalue weighted by Gasteiger charge is -2.09. The number of carbonyl (C=O) groups excluding carboxylic acids is 1. The number of pyridine rings is 1. The highest BCUT2D eigenvalue weighted by molar-refractivity contribution is 6.12. The largest absolute Gasteiger partial charge is 0.398 e. The minimum absolute atomic E-state index is 0.271. The number of nitrogen functional groups attached to an aromatic ring is 1. The molecular weight excluding hydrogens is 340 g/mol. The molecule has 0 bridgehead atoms. The molecule has 0 atom stereocenters. The zero-order valence-corrected chi connectivity index (χ0v) is 14.1. The van der Waals surface area contributed by atoms with Crippen molar-refractivity contribution in [1.29, 1.82) is 5.26 Å². The summed E-state index contributed by atoms with van der Waals surface area (Å²) in [4.78, 5) is 17.3. The quantitative estimate of drug-likeness (QED) is 0.487. The van der Waals surface area contributed by atoms with Gasteiger partial charge in [-0.2, -0.15) is 10.4 Å². The Kier molecular flexibility index (Phi) is 3.99.